The van der Waals surface area contributed by atoms with Crippen LogP contribution in [0.25, 0.3) is 0 Å². The van der Waals surface area contributed by atoms with E-state index in [1.807, 2.05) is 36.4 Å². The predicted molar refractivity (Wildman–Crippen MR) is 149 cm³/mol. The zero-order valence-corrected chi connectivity index (χ0v) is 22.3. The van der Waals surface area contributed by atoms with E-state index in [1.54, 1.807) is 9.80 Å². The van der Waals surface area contributed by atoms with Crippen molar-refractivity contribution in [1.82, 2.24) is 25.4 Å². The van der Waals surface area contributed by atoms with Crippen molar-refractivity contribution < 1.29 is 19.2 Å². The maximum atomic E-state index is 13.0. The van der Waals surface area contributed by atoms with Crippen molar-refractivity contribution in [1.29, 1.82) is 0 Å². The maximum absolute atomic E-state index is 13.0. The second-order valence-corrected chi connectivity index (χ2v) is 10.9. The Hall–Kier alpha value is -4.25. The molecule has 3 fully saturated rings. The van der Waals surface area contributed by atoms with Crippen molar-refractivity contribution in [3.05, 3.63) is 64.7 Å². The fraction of sp³-hybridized carbons (Fsp3) is 0.414. The second-order valence-electron chi connectivity index (χ2n) is 10.9. The van der Waals surface area contributed by atoms with Crippen LogP contribution in [0.2, 0.25) is 0 Å². The van der Waals surface area contributed by atoms with Gasteiger partial charge in [0.05, 0.1) is 6.04 Å². The molecule has 0 saturated carbocycles. The number of benzene rings is 2. The van der Waals surface area contributed by atoms with E-state index in [4.69, 9.17) is 0 Å². The van der Waals surface area contributed by atoms with E-state index in [-0.39, 0.29) is 36.1 Å². The Bertz CT molecular complexity index is 1350. The first kappa shape index (κ1) is 26.0. The third-order valence-corrected chi connectivity index (χ3v) is 8.29. The lowest BCUT2D eigenvalue weighted by Gasteiger charge is -2.38. The fourth-order valence-corrected chi connectivity index (χ4v) is 5.97. The molecular weight excluding hydrogens is 510 g/mol. The van der Waals surface area contributed by atoms with Crippen LogP contribution in [0, 0.1) is 0 Å². The van der Waals surface area contributed by atoms with Gasteiger partial charge in [0.15, 0.2) is 0 Å². The summed E-state index contributed by atoms with van der Waals surface area (Å²) in [6.45, 7) is 9.44. The van der Waals surface area contributed by atoms with Crippen molar-refractivity contribution in [3.8, 4) is 0 Å². The summed E-state index contributed by atoms with van der Waals surface area (Å²) in [6.07, 6.45) is 0.614. The van der Waals surface area contributed by atoms with Crippen LogP contribution in [0.4, 0.5) is 5.69 Å². The van der Waals surface area contributed by atoms with Crippen molar-refractivity contribution in [3.63, 3.8) is 0 Å². The molecule has 0 unspecified atom stereocenters. The highest BCUT2D eigenvalue weighted by Gasteiger charge is 2.39. The van der Waals surface area contributed by atoms with Gasteiger partial charge in [0.1, 0.15) is 6.04 Å². The van der Waals surface area contributed by atoms with E-state index >= 15 is 0 Å². The average Bonchev–Trinajstić information content (AvgIpc) is 3.26. The van der Waals surface area contributed by atoms with Gasteiger partial charge >= 0.3 is 0 Å². The van der Waals surface area contributed by atoms with Crippen molar-refractivity contribution >= 4 is 36.0 Å². The van der Waals surface area contributed by atoms with Crippen molar-refractivity contribution in [2.45, 2.75) is 38.0 Å². The van der Waals surface area contributed by atoms with Gasteiger partial charge in [-0.15, -0.1) is 0 Å². The van der Waals surface area contributed by atoms with Gasteiger partial charge in [0.2, 0.25) is 11.8 Å². The molecule has 4 aliphatic heterocycles. The number of hydrogen-bond donors (Lipinski definition) is 2. The van der Waals surface area contributed by atoms with Crippen LogP contribution >= 0.6 is 0 Å². The van der Waals surface area contributed by atoms with Crippen LogP contribution in [-0.2, 0) is 22.7 Å². The van der Waals surface area contributed by atoms with E-state index in [2.05, 4.69) is 38.4 Å². The number of nitrogens with one attached hydrogen (secondary N) is 2. The number of hydrogen-bond acceptors (Lipinski definition) is 8. The minimum Gasteiger partial charge on any atom is -0.369 e. The molecule has 0 aromatic heterocycles. The first-order valence-corrected chi connectivity index (χ1v) is 13.7. The number of fused-ring (bicyclic) bond motifs is 1. The molecule has 2 N–H and O–H groups in total. The number of imide groups is 1. The third kappa shape index (κ3) is 5.04. The highest BCUT2D eigenvalue weighted by Crippen LogP contribution is 2.31. The molecule has 4 aliphatic rings. The molecule has 1 atom stereocenters. The molecule has 2 aromatic rings. The smallest absolute Gasteiger partial charge is 0.255 e. The lowest BCUT2D eigenvalue weighted by atomic mass is 10.0. The Morgan fingerprint density at radius 3 is 2.48 bits per heavy atom. The zero-order valence-electron chi connectivity index (χ0n) is 22.3. The van der Waals surface area contributed by atoms with E-state index in [0.29, 0.717) is 37.2 Å². The maximum Gasteiger partial charge on any atom is 0.255 e. The summed E-state index contributed by atoms with van der Waals surface area (Å²) < 4.78 is 0. The van der Waals surface area contributed by atoms with Gasteiger partial charge in [-0.1, -0.05) is 12.1 Å². The number of likely N-dealkylation sites (tertiary alicyclic amines) is 1. The molecule has 11 heteroatoms. The summed E-state index contributed by atoms with van der Waals surface area (Å²) >= 11 is 0. The quantitative estimate of drug-likeness (QED) is 0.301. The first-order valence-electron chi connectivity index (χ1n) is 13.7. The Balaban J connectivity index is 1.01. The fourth-order valence-electron chi connectivity index (χ4n) is 5.97. The first-order chi connectivity index (χ1) is 19.4. The molecule has 0 aliphatic carbocycles. The number of carbonyl (C=O) groups excluding carboxylic acids is 4. The number of rotatable bonds is 7. The van der Waals surface area contributed by atoms with Crippen molar-refractivity contribution in [2.75, 3.05) is 44.2 Å². The van der Waals surface area contributed by atoms with Gasteiger partial charge in [0, 0.05) is 82.3 Å². The number of carbonyl (C=O) groups is 4. The number of piperidine rings is 1. The Morgan fingerprint density at radius 2 is 1.77 bits per heavy atom. The van der Waals surface area contributed by atoms with Crippen LogP contribution in [-0.4, -0.2) is 96.4 Å². The molecule has 0 radical (unpaired) electrons. The Kier molecular flexibility index (Phi) is 6.97. The Labute approximate surface area is 232 Å². The van der Waals surface area contributed by atoms with E-state index in [1.165, 1.54) is 5.56 Å². The van der Waals surface area contributed by atoms with Crippen LogP contribution < -0.4 is 15.6 Å². The molecule has 0 spiro atoms. The molecule has 4 amide bonds. The van der Waals surface area contributed by atoms with E-state index in [0.717, 1.165) is 44.0 Å². The molecule has 3 saturated heterocycles. The van der Waals surface area contributed by atoms with Crippen LogP contribution in [0.1, 0.15) is 44.7 Å². The minimum atomic E-state index is -0.600. The van der Waals surface area contributed by atoms with Crippen LogP contribution in [0.5, 0.6) is 0 Å². The van der Waals surface area contributed by atoms with Gasteiger partial charge in [-0.25, -0.2) is 0 Å². The molecule has 2 aromatic carbocycles. The lowest BCUT2D eigenvalue weighted by molar-refractivity contribution is -0.136. The number of hydrazone groups is 1. The second kappa shape index (κ2) is 10.7. The van der Waals surface area contributed by atoms with Gasteiger partial charge in [-0.3, -0.25) is 29.4 Å². The summed E-state index contributed by atoms with van der Waals surface area (Å²) in [5, 5.41) is 6.02. The number of nitrogens with zero attached hydrogens (tertiary/aromatic N) is 5. The van der Waals surface area contributed by atoms with Gasteiger partial charge in [0.25, 0.3) is 11.8 Å². The summed E-state index contributed by atoms with van der Waals surface area (Å²) in [6, 6.07) is 13.4. The van der Waals surface area contributed by atoms with Gasteiger partial charge in [-0.2, -0.15) is 5.10 Å². The highest BCUT2D eigenvalue weighted by molar-refractivity contribution is 6.05. The molecule has 208 valence electrons. The van der Waals surface area contributed by atoms with E-state index < -0.39 is 6.04 Å². The van der Waals surface area contributed by atoms with Crippen LogP contribution in [0.15, 0.2) is 47.6 Å². The van der Waals surface area contributed by atoms with Crippen LogP contribution in [0.3, 0.4) is 0 Å². The number of anilines is 1. The summed E-state index contributed by atoms with van der Waals surface area (Å²) in [4.78, 5) is 57.6. The highest BCUT2D eigenvalue weighted by atomic mass is 16.2. The number of piperazine rings is 1. The molecule has 40 heavy (non-hydrogen) atoms. The summed E-state index contributed by atoms with van der Waals surface area (Å²) in [5.74, 6) is -0.781. The molecule has 11 nitrogen and oxygen atoms in total. The topological polar surface area (TPSA) is 118 Å². The monoisotopic (exact) mass is 543 g/mol. The van der Waals surface area contributed by atoms with Gasteiger partial charge < -0.3 is 20.1 Å². The Morgan fingerprint density at radius 1 is 1.02 bits per heavy atom. The van der Waals surface area contributed by atoms with Gasteiger partial charge in [-0.05, 0) is 47.9 Å². The average molecular weight is 544 g/mol. The largest absolute Gasteiger partial charge is 0.369 e. The van der Waals surface area contributed by atoms with E-state index in [9.17, 15) is 19.2 Å². The summed E-state index contributed by atoms with van der Waals surface area (Å²) in [5.41, 5.74) is 7.39. The minimum absolute atomic E-state index is 0.0403. The predicted octanol–water partition coefficient (Wildman–Crippen LogP) is 0.799. The SMILES string of the molecule is C=NNC1CN(C(=O)c2ccc(CN3CCN(c4ccc5c(c4)CN([C@H]4CCC(=O)NC4=O)C5=O)CC3)cc2)C1. The summed E-state index contributed by atoms with van der Waals surface area (Å²) in [7, 11) is 0. The molecular formula is C29H33N7O4. The standard InChI is InChI=1S/C29H33N7O4/c1-30-32-22-17-35(18-22)28(39)20-4-2-19(3-5-20)15-33-10-12-34(13-11-33)23-6-7-24-21(14-23)16-36(29(24)40)25-8-9-26(37)31-27(25)38/h2-7,14,22,25,32H,1,8-13,15-18H2,(H,31,37,38)/t25-/m0/s1. The van der Waals surface area contributed by atoms with Crippen molar-refractivity contribution in [2.24, 2.45) is 5.10 Å². The number of amides is 4. The zero-order chi connectivity index (χ0) is 27.8. The molecule has 4 heterocycles. The molecule has 6 rings (SSSR count). The normalized spacial score (nSPS) is 21.6. The lowest BCUT2D eigenvalue weighted by Crippen LogP contribution is -2.58. The third-order valence-electron chi connectivity index (χ3n) is 8.29. The molecule has 0 bridgehead atoms.